The molecule has 1 N–H and O–H groups in total. The first-order valence-corrected chi connectivity index (χ1v) is 10.2. The molecule has 0 heterocycles. The van der Waals surface area contributed by atoms with E-state index in [0.717, 1.165) is 17.8 Å². The first kappa shape index (κ1) is 17.9. The molecule has 0 aromatic rings. The van der Waals surface area contributed by atoms with E-state index in [9.17, 15) is 9.59 Å². The van der Waals surface area contributed by atoms with Crippen LogP contribution in [0.3, 0.4) is 0 Å². The molecule has 5 saturated carbocycles. The van der Waals surface area contributed by atoms with Crippen LogP contribution < -0.4 is 5.32 Å². The molecular formula is C19H27Cl2NO3. The predicted molar refractivity (Wildman–Crippen MR) is 96.3 cm³/mol. The Morgan fingerprint density at radius 1 is 1.12 bits per heavy atom. The van der Waals surface area contributed by atoms with Crippen molar-refractivity contribution in [2.45, 2.75) is 69.2 Å². The van der Waals surface area contributed by atoms with Crippen LogP contribution in [0.4, 0.5) is 0 Å². The summed E-state index contributed by atoms with van der Waals surface area (Å²) >= 11 is 12.0. The molecule has 25 heavy (non-hydrogen) atoms. The number of ether oxygens (including phenoxy) is 1. The van der Waals surface area contributed by atoms with Crippen molar-refractivity contribution >= 4 is 35.1 Å². The summed E-state index contributed by atoms with van der Waals surface area (Å²) in [5.41, 5.74) is -0.639. The first-order valence-electron chi connectivity index (χ1n) is 9.48. The van der Waals surface area contributed by atoms with Crippen LogP contribution >= 0.6 is 23.2 Å². The predicted octanol–water partition coefficient (Wildman–Crippen LogP) is 3.83. The van der Waals surface area contributed by atoms with E-state index in [2.05, 4.69) is 12.2 Å². The van der Waals surface area contributed by atoms with Crippen molar-refractivity contribution < 1.29 is 14.3 Å². The van der Waals surface area contributed by atoms with Crippen LogP contribution in [0.25, 0.3) is 0 Å². The number of halogens is 2. The number of rotatable bonds is 5. The minimum atomic E-state index is -1.06. The molecule has 4 bridgehead atoms. The van der Waals surface area contributed by atoms with E-state index in [-0.39, 0.29) is 24.0 Å². The molecule has 2 atom stereocenters. The summed E-state index contributed by atoms with van der Waals surface area (Å²) in [5.74, 6) is 1.82. The molecule has 0 aliphatic heterocycles. The summed E-state index contributed by atoms with van der Waals surface area (Å²) in [5, 5.41) is 3.10. The second kappa shape index (κ2) is 5.76. The van der Waals surface area contributed by atoms with Gasteiger partial charge >= 0.3 is 5.97 Å². The lowest BCUT2D eigenvalue weighted by Crippen LogP contribution is -2.56. The van der Waals surface area contributed by atoms with E-state index < -0.39 is 15.7 Å². The van der Waals surface area contributed by atoms with E-state index in [1.165, 1.54) is 38.5 Å². The van der Waals surface area contributed by atoms with Crippen molar-refractivity contribution in [1.82, 2.24) is 5.32 Å². The molecule has 0 aromatic heterocycles. The number of alkyl halides is 2. The lowest BCUT2D eigenvalue weighted by molar-refractivity contribution is -0.154. The van der Waals surface area contributed by atoms with Gasteiger partial charge in [-0.1, -0.05) is 0 Å². The molecule has 4 nitrogen and oxygen atoms in total. The normalized spacial score (nSPS) is 44.2. The zero-order chi connectivity index (χ0) is 18.0. The molecule has 5 aliphatic carbocycles. The zero-order valence-electron chi connectivity index (χ0n) is 14.9. The van der Waals surface area contributed by atoms with Crippen LogP contribution in [0, 0.1) is 28.6 Å². The van der Waals surface area contributed by atoms with Gasteiger partial charge in [-0.25, -0.2) is 0 Å². The number of carbonyl (C=O) groups is 2. The number of nitrogens with one attached hydrogen (secondary N) is 1. The Bertz CT molecular complexity index is 570. The Morgan fingerprint density at radius 2 is 1.60 bits per heavy atom. The van der Waals surface area contributed by atoms with Crippen molar-refractivity contribution in [3.8, 4) is 0 Å². The summed E-state index contributed by atoms with van der Waals surface area (Å²) in [6, 6.07) is 0.128. The summed E-state index contributed by atoms with van der Waals surface area (Å²) < 4.78 is 4.10. The van der Waals surface area contributed by atoms with E-state index in [1.807, 2.05) is 0 Å². The van der Waals surface area contributed by atoms with Gasteiger partial charge in [0.25, 0.3) is 5.91 Å². The standard InChI is InChI=1S/C19H27Cl2NO3/c1-11(18-6-12-3-13(7-18)5-14(4-12)8-18)22-15(23)9-25-16(24)17(2)10-19(17,20)21/h11-14H,3-10H2,1-2H3,(H,22,23)/t11-,12?,13?,14?,17+,18?/m1/s1. The maximum atomic E-state index is 12.3. The Kier molecular flexibility index (Phi) is 4.12. The zero-order valence-corrected chi connectivity index (χ0v) is 16.5. The fraction of sp³-hybridized carbons (Fsp3) is 0.895. The maximum absolute atomic E-state index is 12.3. The molecule has 0 aromatic carbocycles. The van der Waals surface area contributed by atoms with Gasteiger partial charge in [0.1, 0.15) is 9.75 Å². The Hall–Kier alpha value is -0.480. The summed E-state index contributed by atoms with van der Waals surface area (Å²) in [7, 11) is 0. The SMILES string of the molecule is C[C@@H](NC(=O)COC(=O)[C@]1(C)CC1(Cl)Cl)C12CC3CC(CC(C3)C1)C2. The summed E-state index contributed by atoms with van der Waals surface area (Å²) in [6.07, 6.45) is 8.23. The molecule has 0 spiro atoms. The van der Waals surface area contributed by atoms with Crippen molar-refractivity contribution in [2.24, 2.45) is 28.6 Å². The third kappa shape index (κ3) is 2.97. The van der Waals surface area contributed by atoms with Gasteiger partial charge in [-0.3, -0.25) is 9.59 Å². The van der Waals surface area contributed by atoms with Crippen molar-refractivity contribution in [2.75, 3.05) is 6.61 Å². The highest BCUT2D eigenvalue weighted by Gasteiger charge is 2.69. The largest absolute Gasteiger partial charge is 0.455 e. The number of hydrogen-bond donors (Lipinski definition) is 1. The average Bonchev–Trinajstić information content (AvgIpc) is 3.03. The molecule has 6 heteroatoms. The Labute approximate surface area is 159 Å². The lowest BCUT2D eigenvalue weighted by atomic mass is 9.48. The van der Waals surface area contributed by atoms with Gasteiger partial charge in [-0.15, -0.1) is 23.2 Å². The molecule has 1 amide bonds. The van der Waals surface area contributed by atoms with Crippen molar-refractivity contribution in [3.63, 3.8) is 0 Å². The minimum absolute atomic E-state index is 0.128. The highest BCUT2D eigenvalue weighted by Crippen LogP contribution is 2.64. The molecule has 5 fully saturated rings. The number of esters is 1. The Balaban J connectivity index is 1.30. The van der Waals surface area contributed by atoms with Crippen LogP contribution in [-0.4, -0.2) is 28.9 Å². The van der Waals surface area contributed by atoms with Gasteiger partial charge < -0.3 is 10.1 Å². The maximum Gasteiger partial charge on any atom is 0.315 e. The molecule has 140 valence electrons. The number of carbonyl (C=O) groups excluding carboxylic acids is 2. The van der Waals surface area contributed by atoms with Crippen LogP contribution in [0.2, 0.25) is 0 Å². The number of amides is 1. The van der Waals surface area contributed by atoms with Crippen LogP contribution in [0.5, 0.6) is 0 Å². The average molecular weight is 388 g/mol. The summed E-state index contributed by atoms with van der Waals surface area (Å²) in [4.78, 5) is 24.4. The van der Waals surface area contributed by atoms with Crippen molar-refractivity contribution in [1.29, 1.82) is 0 Å². The molecule has 0 unspecified atom stereocenters. The van der Waals surface area contributed by atoms with Crippen LogP contribution in [0.1, 0.15) is 58.8 Å². The summed E-state index contributed by atoms with van der Waals surface area (Å²) in [6.45, 7) is 3.54. The van der Waals surface area contributed by atoms with E-state index in [4.69, 9.17) is 27.9 Å². The molecule has 5 aliphatic rings. The minimum Gasteiger partial charge on any atom is -0.455 e. The highest BCUT2D eigenvalue weighted by molar-refractivity contribution is 6.53. The van der Waals surface area contributed by atoms with Gasteiger partial charge in [0.05, 0.1) is 0 Å². The van der Waals surface area contributed by atoms with Crippen molar-refractivity contribution in [3.05, 3.63) is 0 Å². The van der Waals surface area contributed by atoms with E-state index >= 15 is 0 Å². The monoisotopic (exact) mass is 387 g/mol. The smallest absolute Gasteiger partial charge is 0.315 e. The second-order valence-corrected chi connectivity index (χ2v) is 10.8. The number of hydrogen-bond acceptors (Lipinski definition) is 3. The van der Waals surface area contributed by atoms with E-state index in [0.29, 0.717) is 6.42 Å². The molecule has 5 rings (SSSR count). The van der Waals surface area contributed by atoms with Gasteiger partial charge in [-0.05, 0) is 75.5 Å². The first-order chi connectivity index (χ1) is 11.6. The quantitative estimate of drug-likeness (QED) is 0.575. The fourth-order valence-corrected chi connectivity index (χ4v) is 6.74. The van der Waals surface area contributed by atoms with Gasteiger partial charge in [0.15, 0.2) is 6.61 Å². The third-order valence-corrected chi connectivity index (χ3v) is 8.53. The van der Waals surface area contributed by atoms with Crippen LogP contribution in [0.15, 0.2) is 0 Å². The molecule has 0 radical (unpaired) electrons. The van der Waals surface area contributed by atoms with E-state index in [1.54, 1.807) is 6.92 Å². The third-order valence-electron chi connectivity index (χ3n) is 7.42. The second-order valence-electron chi connectivity index (χ2n) is 9.36. The Morgan fingerprint density at radius 3 is 2.04 bits per heavy atom. The fourth-order valence-electron chi connectivity index (χ4n) is 6.06. The van der Waals surface area contributed by atoms with Gasteiger partial charge in [-0.2, -0.15) is 0 Å². The van der Waals surface area contributed by atoms with Gasteiger partial charge in [0, 0.05) is 12.5 Å². The lowest BCUT2D eigenvalue weighted by Gasteiger charge is -2.59. The molecule has 0 saturated heterocycles. The molecular weight excluding hydrogens is 361 g/mol. The van der Waals surface area contributed by atoms with Crippen LogP contribution in [-0.2, 0) is 14.3 Å². The highest BCUT2D eigenvalue weighted by atomic mass is 35.5. The topological polar surface area (TPSA) is 55.4 Å². The van der Waals surface area contributed by atoms with Gasteiger partial charge in [0.2, 0.25) is 0 Å².